The fourth-order valence-corrected chi connectivity index (χ4v) is 2.71. The predicted molar refractivity (Wildman–Crippen MR) is 102 cm³/mol. The number of nitrogens with one attached hydrogen (secondary N) is 1. The van der Waals surface area contributed by atoms with E-state index in [2.05, 4.69) is 20.3 Å². The van der Waals surface area contributed by atoms with Gasteiger partial charge in [0.15, 0.2) is 5.82 Å². The molecule has 1 aromatic heterocycles. The van der Waals surface area contributed by atoms with Gasteiger partial charge in [0.25, 0.3) is 0 Å². The lowest BCUT2D eigenvalue weighted by atomic mass is 10.3. The summed E-state index contributed by atoms with van der Waals surface area (Å²) >= 11 is 29.8. The van der Waals surface area contributed by atoms with E-state index in [1.165, 1.54) is 0 Å². The van der Waals surface area contributed by atoms with Crippen LogP contribution < -0.4 is 10.2 Å². The van der Waals surface area contributed by atoms with Gasteiger partial charge in [-0.15, -0.1) is 0 Å². The van der Waals surface area contributed by atoms with Crippen molar-refractivity contribution in [2.75, 3.05) is 36.5 Å². The van der Waals surface area contributed by atoms with E-state index in [0.717, 1.165) is 0 Å². The standard InChI is InChI=1S/C14H12Cl5N5O/c15-9-2-1-8(7-10(9)16)20-12-21-11(14(17,18)19)22-13(23-12)24-3-5-25-6-4-24/h1-2,7H,3-6H2,(H,20,21,22,23). The van der Waals surface area contributed by atoms with E-state index in [9.17, 15) is 0 Å². The summed E-state index contributed by atoms with van der Waals surface area (Å²) in [6.45, 7) is 2.42. The zero-order valence-corrected chi connectivity index (χ0v) is 16.4. The second-order valence-corrected chi connectivity index (χ2v) is 8.23. The molecule has 0 bridgehead atoms. The number of benzene rings is 1. The Balaban J connectivity index is 1.95. The number of hydrogen-bond acceptors (Lipinski definition) is 6. The van der Waals surface area contributed by atoms with Gasteiger partial charge in [-0.1, -0.05) is 58.0 Å². The van der Waals surface area contributed by atoms with E-state index in [4.69, 9.17) is 62.7 Å². The molecule has 134 valence electrons. The molecule has 25 heavy (non-hydrogen) atoms. The Morgan fingerprint density at radius 3 is 2.36 bits per heavy atom. The molecule has 1 N–H and O–H groups in total. The molecule has 0 aliphatic carbocycles. The summed E-state index contributed by atoms with van der Waals surface area (Å²) in [5.74, 6) is 0.662. The molecule has 0 spiro atoms. The summed E-state index contributed by atoms with van der Waals surface area (Å²) in [5.41, 5.74) is 0.642. The lowest BCUT2D eigenvalue weighted by molar-refractivity contribution is 0.122. The molecule has 1 aliphatic heterocycles. The number of aromatic nitrogens is 3. The van der Waals surface area contributed by atoms with Gasteiger partial charge in [0.2, 0.25) is 15.7 Å². The van der Waals surface area contributed by atoms with Crippen molar-refractivity contribution in [2.45, 2.75) is 3.79 Å². The summed E-state index contributed by atoms with van der Waals surface area (Å²) < 4.78 is 3.56. The van der Waals surface area contributed by atoms with Crippen LogP contribution in [0.1, 0.15) is 5.82 Å². The Kier molecular flexibility index (Phi) is 5.98. The van der Waals surface area contributed by atoms with E-state index in [1.54, 1.807) is 18.2 Å². The van der Waals surface area contributed by atoms with E-state index >= 15 is 0 Å². The molecule has 0 unspecified atom stereocenters. The van der Waals surface area contributed by atoms with Crippen LogP contribution in [0.2, 0.25) is 10.0 Å². The summed E-state index contributed by atoms with van der Waals surface area (Å²) in [6, 6.07) is 5.05. The molecule has 0 saturated carbocycles. The van der Waals surface area contributed by atoms with Crippen LogP contribution in [0.3, 0.4) is 0 Å². The first-order valence-corrected chi connectivity index (χ1v) is 9.10. The highest BCUT2D eigenvalue weighted by Gasteiger charge is 2.29. The van der Waals surface area contributed by atoms with Crippen LogP contribution in [-0.4, -0.2) is 41.3 Å². The third kappa shape index (κ3) is 4.90. The van der Waals surface area contributed by atoms with Gasteiger partial charge in [-0.2, -0.15) is 15.0 Å². The Labute approximate surface area is 169 Å². The highest BCUT2D eigenvalue weighted by atomic mass is 35.6. The van der Waals surface area contributed by atoms with Crippen LogP contribution in [0, 0.1) is 0 Å². The molecule has 11 heteroatoms. The zero-order chi connectivity index (χ0) is 18.0. The normalized spacial score (nSPS) is 15.3. The average Bonchev–Trinajstić information content (AvgIpc) is 2.58. The minimum absolute atomic E-state index is 0.0246. The van der Waals surface area contributed by atoms with Gasteiger partial charge in [0.05, 0.1) is 23.3 Å². The molecule has 2 aromatic rings. The van der Waals surface area contributed by atoms with Crippen molar-refractivity contribution >= 4 is 75.6 Å². The molecule has 0 amide bonds. The molecule has 2 heterocycles. The Morgan fingerprint density at radius 2 is 1.72 bits per heavy atom. The first-order chi connectivity index (χ1) is 11.8. The van der Waals surface area contributed by atoms with Gasteiger partial charge in [-0.25, -0.2) is 0 Å². The number of rotatable bonds is 3. The summed E-state index contributed by atoms with van der Waals surface area (Å²) in [7, 11) is 0. The second kappa shape index (κ2) is 7.86. The van der Waals surface area contributed by atoms with Crippen LogP contribution in [0.25, 0.3) is 0 Å². The maximum absolute atomic E-state index is 6.03. The fraction of sp³-hybridized carbons (Fsp3) is 0.357. The second-order valence-electron chi connectivity index (χ2n) is 5.13. The van der Waals surface area contributed by atoms with Crippen molar-refractivity contribution in [2.24, 2.45) is 0 Å². The lowest BCUT2D eigenvalue weighted by Gasteiger charge is -2.27. The molecular formula is C14H12Cl5N5O. The van der Waals surface area contributed by atoms with Gasteiger partial charge in [0.1, 0.15) is 0 Å². The smallest absolute Gasteiger partial charge is 0.250 e. The number of anilines is 3. The molecule has 1 aliphatic rings. The van der Waals surface area contributed by atoms with Gasteiger partial charge < -0.3 is 15.0 Å². The van der Waals surface area contributed by atoms with E-state index in [1.807, 2.05) is 4.90 Å². The number of ether oxygens (including phenoxy) is 1. The largest absolute Gasteiger partial charge is 0.378 e. The van der Waals surface area contributed by atoms with Crippen molar-refractivity contribution in [3.8, 4) is 0 Å². The molecule has 1 saturated heterocycles. The van der Waals surface area contributed by atoms with Crippen LogP contribution in [0.5, 0.6) is 0 Å². The van der Waals surface area contributed by atoms with Gasteiger partial charge in [0, 0.05) is 18.8 Å². The quantitative estimate of drug-likeness (QED) is 0.701. The summed E-state index contributed by atoms with van der Waals surface area (Å²) in [6.07, 6.45) is 0. The van der Waals surface area contributed by atoms with Gasteiger partial charge in [-0.3, -0.25) is 0 Å². The molecule has 3 rings (SSSR count). The van der Waals surface area contributed by atoms with Crippen molar-refractivity contribution in [1.82, 2.24) is 15.0 Å². The average molecular weight is 444 g/mol. The van der Waals surface area contributed by atoms with Gasteiger partial charge >= 0.3 is 0 Å². The third-order valence-electron chi connectivity index (χ3n) is 3.35. The van der Waals surface area contributed by atoms with Gasteiger partial charge in [-0.05, 0) is 18.2 Å². The van der Waals surface area contributed by atoms with E-state index in [0.29, 0.717) is 48.0 Å². The van der Waals surface area contributed by atoms with Crippen molar-refractivity contribution in [3.63, 3.8) is 0 Å². The highest BCUT2D eigenvalue weighted by molar-refractivity contribution is 6.66. The SMILES string of the molecule is Clc1ccc(Nc2nc(N3CCOCC3)nc(C(Cl)(Cl)Cl)n2)cc1Cl. The van der Waals surface area contributed by atoms with E-state index < -0.39 is 3.79 Å². The lowest BCUT2D eigenvalue weighted by Crippen LogP contribution is -2.38. The van der Waals surface area contributed by atoms with Crippen LogP contribution in [-0.2, 0) is 8.53 Å². The Morgan fingerprint density at radius 1 is 1.00 bits per heavy atom. The molecule has 1 fully saturated rings. The Hall–Kier alpha value is -0.760. The Bertz CT molecular complexity index is 764. The molecule has 0 radical (unpaired) electrons. The topological polar surface area (TPSA) is 63.2 Å². The number of alkyl halides is 3. The number of halogens is 5. The summed E-state index contributed by atoms with van der Waals surface area (Å²) in [5, 5.41) is 3.87. The minimum atomic E-state index is -1.78. The van der Waals surface area contributed by atoms with Crippen LogP contribution >= 0.6 is 58.0 Å². The highest BCUT2D eigenvalue weighted by Crippen LogP contribution is 2.37. The van der Waals surface area contributed by atoms with E-state index in [-0.39, 0.29) is 11.8 Å². The van der Waals surface area contributed by atoms with Crippen molar-refractivity contribution < 1.29 is 4.74 Å². The maximum atomic E-state index is 6.03. The van der Waals surface area contributed by atoms with Crippen LogP contribution in [0.4, 0.5) is 17.6 Å². The number of morpholine rings is 1. The minimum Gasteiger partial charge on any atom is -0.378 e. The third-order valence-corrected chi connectivity index (χ3v) is 4.59. The molecule has 0 atom stereocenters. The summed E-state index contributed by atoms with van der Waals surface area (Å²) in [4.78, 5) is 14.8. The maximum Gasteiger partial charge on any atom is 0.250 e. The number of hydrogen-bond donors (Lipinski definition) is 1. The predicted octanol–water partition coefficient (Wildman–Crippen LogP) is 4.59. The van der Waals surface area contributed by atoms with Crippen molar-refractivity contribution in [1.29, 1.82) is 0 Å². The fourth-order valence-electron chi connectivity index (χ4n) is 2.16. The zero-order valence-electron chi connectivity index (χ0n) is 12.6. The molecular weight excluding hydrogens is 431 g/mol. The number of nitrogens with zero attached hydrogens (tertiary/aromatic N) is 4. The first-order valence-electron chi connectivity index (χ1n) is 7.21. The van der Waals surface area contributed by atoms with Crippen LogP contribution in [0.15, 0.2) is 18.2 Å². The monoisotopic (exact) mass is 441 g/mol. The molecule has 1 aromatic carbocycles. The molecule has 6 nitrogen and oxygen atoms in total. The first kappa shape index (κ1) is 19.0. The van der Waals surface area contributed by atoms with Crippen molar-refractivity contribution in [3.05, 3.63) is 34.1 Å².